The summed E-state index contributed by atoms with van der Waals surface area (Å²) in [7, 11) is 0. The molecule has 0 radical (unpaired) electrons. The van der Waals surface area contributed by atoms with Gasteiger partial charge in [0, 0.05) is 18.2 Å². The molecule has 3 rings (SSSR count). The number of carboxylic acid groups (broad SMARTS) is 1. The van der Waals surface area contributed by atoms with Crippen LogP contribution in [0.5, 0.6) is 5.75 Å². The number of aliphatic carboxylic acids is 1. The third-order valence-corrected chi connectivity index (χ3v) is 5.64. The maximum atomic E-state index is 12.8. The molecule has 1 unspecified atom stereocenters. The summed E-state index contributed by atoms with van der Waals surface area (Å²) in [5, 5.41) is 15.5. The smallest absolute Gasteiger partial charge is 0.416 e. The first-order valence-corrected chi connectivity index (χ1v) is 11.5. The van der Waals surface area contributed by atoms with Crippen LogP contribution >= 0.6 is 0 Å². The van der Waals surface area contributed by atoms with Crippen LogP contribution in [0, 0.1) is 5.92 Å². The number of ether oxygens (including phenoxy) is 1. The minimum absolute atomic E-state index is 0.294. The first kappa shape index (κ1) is 27.2. The molecule has 1 aliphatic rings. The molecule has 0 fully saturated rings. The lowest BCUT2D eigenvalue weighted by Gasteiger charge is -2.30. The summed E-state index contributed by atoms with van der Waals surface area (Å²) in [6, 6.07) is 12.5. The summed E-state index contributed by atoms with van der Waals surface area (Å²) < 4.78 is 43.8. The number of carbonyl (C=O) groups is 1. The second kappa shape index (κ2) is 11.4. The van der Waals surface area contributed by atoms with Crippen molar-refractivity contribution in [1.29, 1.82) is 0 Å². The maximum absolute atomic E-state index is 12.8. The summed E-state index contributed by atoms with van der Waals surface area (Å²) in [5.74, 6) is -0.231. The van der Waals surface area contributed by atoms with Crippen molar-refractivity contribution in [3.8, 4) is 5.75 Å². The lowest BCUT2D eigenvalue weighted by molar-refractivity contribution is -0.152. The fourth-order valence-electron chi connectivity index (χ4n) is 3.57. The van der Waals surface area contributed by atoms with Crippen LogP contribution in [-0.2, 0) is 17.4 Å². The third kappa shape index (κ3) is 7.23. The van der Waals surface area contributed by atoms with Gasteiger partial charge in [-0.3, -0.25) is 5.01 Å². The van der Waals surface area contributed by atoms with Crippen LogP contribution in [0.25, 0.3) is 0 Å². The molecule has 0 spiro atoms. The van der Waals surface area contributed by atoms with E-state index in [-0.39, 0.29) is 0 Å². The van der Waals surface area contributed by atoms with Crippen molar-refractivity contribution in [3.63, 3.8) is 0 Å². The van der Waals surface area contributed by atoms with E-state index in [0.717, 1.165) is 42.7 Å². The Morgan fingerprint density at radius 3 is 2.18 bits per heavy atom. The van der Waals surface area contributed by atoms with Crippen LogP contribution in [0.4, 0.5) is 18.9 Å². The van der Waals surface area contributed by atoms with Gasteiger partial charge in [0.05, 0.1) is 11.3 Å². The Balaban J connectivity index is 0.00000199. The highest BCUT2D eigenvalue weighted by molar-refractivity contribution is 5.86. The number of hydrazone groups is 1. The van der Waals surface area contributed by atoms with Gasteiger partial charge in [-0.2, -0.15) is 18.3 Å². The SMILES string of the molecule is CC.CC1=NN(c2ccc(C(F)(F)F)cc2)CCC1CCc1ccc(OC(C)(C)C(=O)O)cc1. The minimum atomic E-state index is -4.35. The largest absolute Gasteiger partial charge is 0.478 e. The first-order chi connectivity index (χ1) is 16.0. The number of nitrogens with zero attached hydrogens (tertiary/aromatic N) is 2. The molecule has 5 nitrogen and oxygen atoms in total. The zero-order valence-corrected chi connectivity index (χ0v) is 20.3. The third-order valence-electron chi connectivity index (χ3n) is 5.64. The van der Waals surface area contributed by atoms with E-state index in [4.69, 9.17) is 9.84 Å². The standard InChI is InChI=1S/C24H27F3N2O3.C2H6/c1-16-18(7-4-17-5-12-21(13-6-17)32-23(2,3)22(30)31)14-15-29(28-16)20-10-8-19(9-11-20)24(25,26)27;1-2/h5-6,8-13,18H,4,7,14-15H2,1-3H3,(H,30,31);1-2H3. The van der Waals surface area contributed by atoms with Crippen molar-refractivity contribution in [2.24, 2.45) is 11.0 Å². The van der Waals surface area contributed by atoms with Gasteiger partial charge >= 0.3 is 12.1 Å². The van der Waals surface area contributed by atoms with Crippen molar-refractivity contribution < 1.29 is 27.8 Å². The molecular weight excluding hydrogens is 445 g/mol. The normalized spacial score (nSPS) is 16.3. The average molecular weight is 479 g/mol. The molecule has 1 heterocycles. The van der Waals surface area contributed by atoms with Crippen molar-refractivity contribution in [1.82, 2.24) is 0 Å². The number of hydrogen-bond donors (Lipinski definition) is 1. The van der Waals surface area contributed by atoms with Gasteiger partial charge in [0.1, 0.15) is 5.75 Å². The Bertz CT molecular complexity index is 968. The van der Waals surface area contributed by atoms with Crippen molar-refractivity contribution in [2.75, 3.05) is 11.6 Å². The Morgan fingerprint density at radius 2 is 1.68 bits per heavy atom. The van der Waals surface area contributed by atoms with Crippen LogP contribution in [0.2, 0.25) is 0 Å². The van der Waals surface area contributed by atoms with E-state index in [9.17, 15) is 18.0 Å². The van der Waals surface area contributed by atoms with E-state index in [1.165, 1.54) is 26.0 Å². The molecule has 0 saturated carbocycles. The Labute approximate surface area is 199 Å². The lowest BCUT2D eigenvalue weighted by Crippen LogP contribution is -2.37. The molecule has 1 atom stereocenters. The zero-order chi connectivity index (χ0) is 25.5. The van der Waals surface area contributed by atoms with E-state index >= 15 is 0 Å². The zero-order valence-electron chi connectivity index (χ0n) is 20.3. The topological polar surface area (TPSA) is 62.1 Å². The number of aryl methyl sites for hydroxylation is 1. The van der Waals surface area contributed by atoms with Crippen molar-refractivity contribution in [3.05, 3.63) is 59.7 Å². The second-order valence-electron chi connectivity index (χ2n) is 8.49. The van der Waals surface area contributed by atoms with Gasteiger partial charge < -0.3 is 9.84 Å². The van der Waals surface area contributed by atoms with Gasteiger partial charge in [-0.05, 0) is 82.0 Å². The van der Waals surface area contributed by atoms with Gasteiger partial charge in [0.25, 0.3) is 0 Å². The van der Waals surface area contributed by atoms with Crippen LogP contribution in [0.1, 0.15) is 58.6 Å². The van der Waals surface area contributed by atoms with Gasteiger partial charge in [-0.1, -0.05) is 26.0 Å². The van der Waals surface area contributed by atoms with Crippen LogP contribution in [0.15, 0.2) is 53.6 Å². The molecule has 1 aliphatic heterocycles. The summed E-state index contributed by atoms with van der Waals surface area (Å²) in [6.45, 7) is 9.60. The molecule has 0 aliphatic carbocycles. The predicted octanol–water partition coefficient (Wildman–Crippen LogP) is 6.81. The number of alkyl halides is 3. The average Bonchev–Trinajstić information content (AvgIpc) is 2.80. The minimum Gasteiger partial charge on any atom is -0.478 e. The Morgan fingerprint density at radius 1 is 1.09 bits per heavy atom. The molecular formula is C26H33F3N2O3. The Kier molecular flexibility index (Phi) is 9.13. The summed E-state index contributed by atoms with van der Waals surface area (Å²) in [4.78, 5) is 11.2. The van der Waals surface area contributed by atoms with Crippen LogP contribution < -0.4 is 9.75 Å². The molecule has 0 bridgehead atoms. The summed E-state index contributed by atoms with van der Waals surface area (Å²) in [5.41, 5.74) is 0.758. The van der Waals surface area contributed by atoms with Gasteiger partial charge in [-0.15, -0.1) is 0 Å². The molecule has 0 amide bonds. The van der Waals surface area contributed by atoms with E-state index in [1.807, 2.05) is 32.9 Å². The van der Waals surface area contributed by atoms with E-state index < -0.39 is 23.3 Å². The lowest BCUT2D eigenvalue weighted by atomic mass is 9.91. The summed E-state index contributed by atoms with van der Waals surface area (Å²) >= 11 is 0. The van der Waals surface area contributed by atoms with E-state index in [2.05, 4.69) is 5.10 Å². The van der Waals surface area contributed by atoms with E-state index in [1.54, 1.807) is 17.1 Å². The fourth-order valence-corrected chi connectivity index (χ4v) is 3.57. The monoisotopic (exact) mass is 478 g/mol. The molecule has 2 aromatic rings. The summed E-state index contributed by atoms with van der Waals surface area (Å²) in [6.07, 6.45) is -1.75. The molecule has 186 valence electrons. The van der Waals surface area contributed by atoms with Gasteiger partial charge in [0.2, 0.25) is 0 Å². The number of benzene rings is 2. The molecule has 0 aromatic heterocycles. The van der Waals surface area contributed by atoms with Crippen molar-refractivity contribution in [2.45, 2.75) is 65.7 Å². The number of hydrogen-bond acceptors (Lipinski definition) is 4. The molecule has 2 aromatic carbocycles. The highest BCUT2D eigenvalue weighted by atomic mass is 19.4. The highest BCUT2D eigenvalue weighted by Gasteiger charge is 2.31. The Hall–Kier alpha value is -3.03. The van der Waals surface area contributed by atoms with Gasteiger partial charge in [0.15, 0.2) is 5.60 Å². The number of anilines is 1. The van der Waals surface area contributed by atoms with Gasteiger partial charge in [-0.25, -0.2) is 4.79 Å². The number of halogens is 3. The maximum Gasteiger partial charge on any atom is 0.416 e. The molecule has 1 N–H and O–H groups in total. The first-order valence-electron chi connectivity index (χ1n) is 11.5. The van der Waals surface area contributed by atoms with E-state index in [0.29, 0.717) is 23.9 Å². The quantitative estimate of drug-likeness (QED) is 0.475. The molecule has 8 heteroatoms. The van der Waals surface area contributed by atoms with Crippen LogP contribution in [-0.4, -0.2) is 28.9 Å². The van der Waals surface area contributed by atoms with Crippen molar-refractivity contribution >= 4 is 17.4 Å². The molecule has 0 saturated heterocycles. The second-order valence-corrected chi connectivity index (χ2v) is 8.49. The number of rotatable bonds is 7. The predicted molar refractivity (Wildman–Crippen MR) is 128 cm³/mol. The fraction of sp³-hybridized carbons (Fsp3) is 0.462. The number of carboxylic acids is 1. The highest BCUT2D eigenvalue weighted by Crippen LogP contribution is 2.32. The van der Waals surface area contributed by atoms with Crippen LogP contribution in [0.3, 0.4) is 0 Å². The molecule has 34 heavy (non-hydrogen) atoms.